The van der Waals surface area contributed by atoms with Crippen LogP contribution in [0.4, 0.5) is 0 Å². The molecule has 1 aromatic heterocycles. The van der Waals surface area contributed by atoms with Crippen LogP contribution in [0, 0.1) is 5.92 Å². The average molecular weight is 412 g/mol. The Kier molecular flexibility index (Phi) is 7.70. The van der Waals surface area contributed by atoms with Crippen LogP contribution in [0.2, 0.25) is 5.02 Å². The number of carbonyl (C=O) groups excluding carboxylic acids is 1. The molecule has 154 valence electrons. The Morgan fingerprint density at radius 1 is 1.10 bits per heavy atom. The molecule has 1 amide bonds. The van der Waals surface area contributed by atoms with E-state index >= 15 is 0 Å². The van der Waals surface area contributed by atoms with E-state index in [1.807, 2.05) is 18.2 Å². The molecule has 1 heterocycles. The lowest BCUT2D eigenvalue weighted by Gasteiger charge is -2.14. The lowest BCUT2D eigenvalue weighted by atomic mass is 10.1. The van der Waals surface area contributed by atoms with Crippen LogP contribution in [0.25, 0.3) is 11.0 Å². The predicted octanol–water partition coefficient (Wildman–Crippen LogP) is 5.88. The SMILES string of the molecule is CCC(C)Cn1c(CCCCCNC(=O)c2ccccc2Cl)nc2ccccc21. The number of nitrogens with zero attached hydrogens (tertiary/aromatic N) is 2. The fraction of sp³-hybridized carbons (Fsp3) is 0.417. The standard InChI is InChI=1S/C24H30ClN3O/c1-3-18(2)17-28-22-14-9-8-13-21(22)27-23(28)15-5-4-10-16-26-24(29)19-11-6-7-12-20(19)25/h6-9,11-14,18H,3-5,10,15-17H2,1-2H3,(H,26,29). The summed E-state index contributed by atoms with van der Waals surface area (Å²) in [6.07, 6.45) is 5.18. The van der Waals surface area contributed by atoms with Crippen molar-refractivity contribution in [2.24, 2.45) is 5.92 Å². The molecule has 0 radical (unpaired) electrons. The van der Waals surface area contributed by atoms with E-state index in [2.05, 4.69) is 41.9 Å². The molecule has 5 heteroatoms. The van der Waals surface area contributed by atoms with Gasteiger partial charge in [0.2, 0.25) is 0 Å². The van der Waals surface area contributed by atoms with Crippen LogP contribution in [-0.4, -0.2) is 22.0 Å². The first-order valence-corrected chi connectivity index (χ1v) is 10.9. The first-order valence-electron chi connectivity index (χ1n) is 10.6. The highest BCUT2D eigenvalue weighted by Crippen LogP contribution is 2.20. The van der Waals surface area contributed by atoms with E-state index < -0.39 is 0 Å². The van der Waals surface area contributed by atoms with Crippen LogP contribution < -0.4 is 5.32 Å². The second-order valence-electron chi connectivity index (χ2n) is 7.69. The summed E-state index contributed by atoms with van der Waals surface area (Å²) in [6.45, 7) is 6.20. The molecule has 1 N–H and O–H groups in total. The van der Waals surface area contributed by atoms with Gasteiger partial charge in [0.15, 0.2) is 0 Å². The normalized spacial score (nSPS) is 12.2. The fourth-order valence-electron chi connectivity index (χ4n) is 3.49. The first kappa shape index (κ1) is 21.4. The highest BCUT2D eigenvalue weighted by atomic mass is 35.5. The van der Waals surface area contributed by atoms with E-state index in [-0.39, 0.29) is 5.91 Å². The van der Waals surface area contributed by atoms with Gasteiger partial charge in [-0.05, 0) is 43.0 Å². The van der Waals surface area contributed by atoms with Crippen LogP contribution >= 0.6 is 11.6 Å². The monoisotopic (exact) mass is 411 g/mol. The zero-order valence-corrected chi connectivity index (χ0v) is 18.1. The molecular weight excluding hydrogens is 382 g/mol. The van der Waals surface area contributed by atoms with Gasteiger partial charge >= 0.3 is 0 Å². The molecule has 0 saturated heterocycles. The Labute approximate surface area is 178 Å². The third-order valence-corrected chi connectivity index (χ3v) is 5.74. The number of unbranched alkanes of at least 4 members (excludes halogenated alkanes) is 2. The molecule has 0 aliphatic rings. The first-order chi connectivity index (χ1) is 14.1. The largest absolute Gasteiger partial charge is 0.352 e. The van der Waals surface area contributed by atoms with Gasteiger partial charge in [-0.1, -0.05) is 62.6 Å². The van der Waals surface area contributed by atoms with Gasteiger partial charge in [0.25, 0.3) is 5.91 Å². The molecule has 29 heavy (non-hydrogen) atoms. The summed E-state index contributed by atoms with van der Waals surface area (Å²) in [4.78, 5) is 17.1. The summed E-state index contributed by atoms with van der Waals surface area (Å²) in [5, 5.41) is 3.45. The van der Waals surface area contributed by atoms with Gasteiger partial charge in [-0.25, -0.2) is 4.98 Å². The van der Waals surface area contributed by atoms with E-state index in [9.17, 15) is 4.79 Å². The van der Waals surface area contributed by atoms with Crippen LogP contribution in [0.3, 0.4) is 0 Å². The number of hydrogen-bond acceptors (Lipinski definition) is 2. The molecule has 0 aliphatic heterocycles. The van der Waals surface area contributed by atoms with Gasteiger partial charge < -0.3 is 9.88 Å². The predicted molar refractivity (Wildman–Crippen MR) is 121 cm³/mol. The Hall–Kier alpha value is -2.33. The summed E-state index contributed by atoms with van der Waals surface area (Å²) < 4.78 is 2.39. The zero-order valence-electron chi connectivity index (χ0n) is 17.3. The number of benzene rings is 2. The minimum absolute atomic E-state index is 0.106. The lowest BCUT2D eigenvalue weighted by Crippen LogP contribution is -2.24. The number of aryl methyl sites for hydroxylation is 1. The van der Waals surface area contributed by atoms with Crippen molar-refractivity contribution in [1.82, 2.24) is 14.9 Å². The maximum absolute atomic E-state index is 12.2. The molecule has 0 saturated carbocycles. The molecule has 1 unspecified atom stereocenters. The van der Waals surface area contributed by atoms with Crippen molar-refractivity contribution < 1.29 is 4.79 Å². The second kappa shape index (κ2) is 10.4. The summed E-state index contributed by atoms with van der Waals surface area (Å²) in [6, 6.07) is 15.5. The van der Waals surface area contributed by atoms with Gasteiger partial charge in [0, 0.05) is 19.5 Å². The number of hydrogen-bond donors (Lipinski definition) is 1. The summed E-state index contributed by atoms with van der Waals surface area (Å²) in [7, 11) is 0. The minimum atomic E-state index is -0.106. The lowest BCUT2D eigenvalue weighted by molar-refractivity contribution is 0.0953. The number of amides is 1. The van der Waals surface area contributed by atoms with Crippen molar-refractivity contribution in [3.05, 3.63) is 64.9 Å². The quantitative estimate of drug-likeness (QED) is 0.423. The molecule has 4 nitrogen and oxygen atoms in total. The molecular formula is C24H30ClN3O. The summed E-state index contributed by atoms with van der Waals surface area (Å²) in [5.41, 5.74) is 2.85. The van der Waals surface area contributed by atoms with Gasteiger partial charge in [-0.3, -0.25) is 4.79 Å². The highest BCUT2D eigenvalue weighted by Gasteiger charge is 2.12. The van der Waals surface area contributed by atoms with Crippen molar-refractivity contribution in [1.29, 1.82) is 0 Å². The van der Waals surface area contributed by atoms with Gasteiger partial charge in [-0.15, -0.1) is 0 Å². The molecule has 2 aromatic carbocycles. The number of para-hydroxylation sites is 2. The van der Waals surface area contributed by atoms with Gasteiger partial charge in [0.1, 0.15) is 5.82 Å². The summed E-state index contributed by atoms with van der Waals surface area (Å²) in [5.74, 6) is 1.70. The van der Waals surface area contributed by atoms with Crippen molar-refractivity contribution in [3.8, 4) is 0 Å². The van der Waals surface area contributed by atoms with E-state index in [0.29, 0.717) is 23.0 Å². The smallest absolute Gasteiger partial charge is 0.252 e. The maximum Gasteiger partial charge on any atom is 0.252 e. The zero-order chi connectivity index (χ0) is 20.6. The van der Waals surface area contributed by atoms with Crippen LogP contribution in [-0.2, 0) is 13.0 Å². The molecule has 3 aromatic rings. The van der Waals surface area contributed by atoms with Crippen LogP contribution in [0.15, 0.2) is 48.5 Å². The van der Waals surface area contributed by atoms with Gasteiger partial charge in [-0.2, -0.15) is 0 Å². The average Bonchev–Trinajstić information content (AvgIpc) is 3.08. The Balaban J connectivity index is 1.49. The molecule has 0 spiro atoms. The Morgan fingerprint density at radius 3 is 2.66 bits per heavy atom. The number of rotatable bonds is 10. The number of halogens is 1. The topological polar surface area (TPSA) is 46.9 Å². The maximum atomic E-state index is 12.2. The van der Waals surface area contributed by atoms with Crippen LogP contribution in [0.1, 0.15) is 55.7 Å². The third-order valence-electron chi connectivity index (χ3n) is 5.41. The Morgan fingerprint density at radius 2 is 1.86 bits per heavy atom. The van der Waals surface area contributed by atoms with E-state index in [1.165, 1.54) is 11.3 Å². The summed E-state index contributed by atoms with van der Waals surface area (Å²) >= 11 is 6.07. The molecule has 0 fully saturated rings. The molecule has 0 bridgehead atoms. The fourth-order valence-corrected chi connectivity index (χ4v) is 3.71. The molecule has 0 aliphatic carbocycles. The van der Waals surface area contributed by atoms with E-state index in [1.54, 1.807) is 12.1 Å². The number of imidazole rings is 1. The van der Waals surface area contributed by atoms with Crippen molar-refractivity contribution in [2.45, 2.75) is 52.5 Å². The number of aromatic nitrogens is 2. The van der Waals surface area contributed by atoms with Crippen molar-refractivity contribution in [2.75, 3.05) is 6.54 Å². The highest BCUT2D eigenvalue weighted by molar-refractivity contribution is 6.33. The number of nitrogens with one attached hydrogen (secondary N) is 1. The Bertz CT molecular complexity index is 950. The van der Waals surface area contributed by atoms with Gasteiger partial charge in [0.05, 0.1) is 21.6 Å². The number of carbonyl (C=O) groups is 1. The second-order valence-corrected chi connectivity index (χ2v) is 8.09. The van der Waals surface area contributed by atoms with Crippen molar-refractivity contribution >= 4 is 28.5 Å². The molecule has 1 atom stereocenters. The van der Waals surface area contributed by atoms with E-state index in [4.69, 9.17) is 16.6 Å². The number of fused-ring (bicyclic) bond motifs is 1. The third kappa shape index (κ3) is 5.60. The minimum Gasteiger partial charge on any atom is -0.352 e. The van der Waals surface area contributed by atoms with E-state index in [0.717, 1.165) is 44.2 Å². The van der Waals surface area contributed by atoms with Crippen molar-refractivity contribution in [3.63, 3.8) is 0 Å². The molecule has 3 rings (SSSR count). The van der Waals surface area contributed by atoms with Crippen LogP contribution in [0.5, 0.6) is 0 Å².